The third-order valence-electron chi connectivity index (χ3n) is 2.53. The van der Waals surface area contributed by atoms with Crippen molar-refractivity contribution in [1.82, 2.24) is 15.9 Å². The van der Waals surface area contributed by atoms with Crippen molar-refractivity contribution in [2.24, 2.45) is 10.8 Å². The quantitative estimate of drug-likeness (QED) is 0.201. The van der Waals surface area contributed by atoms with E-state index < -0.39 is 0 Å². The molecule has 1 fully saturated rings. The summed E-state index contributed by atoms with van der Waals surface area (Å²) in [4.78, 5) is 4.32. The Labute approximate surface area is 97.2 Å². The average Bonchev–Trinajstić information content (AvgIpc) is 2.34. The van der Waals surface area contributed by atoms with Crippen molar-refractivity contribution < 1.29 is 4.74 Å². The second-order valence-corrected chi connectivity index (χ2v) is 3.88. The van der Waals surface area contributed by atoms with Crippen LogP contribution in [0.25, 0.3) is 0 Å². The first kappa shape index (κ1) is 13.2. The third-order valence-corrected chi connectivity index (χ3v) is 2.53. The zero-order valence-electron chi connectivity index (χ0n) is 10.0. The van der Waals surface area contributed by atoms with Crippen molar-refractivity contribution in [2.45, 2.75) is 25.7 Å². The van der Waals surface area contributed by atoms with Gasteiger partial charge < -0.3 is 4.74 Å². The van der Waals surface area contributed by atoms with Crippen LogP contribution in [0.5, 0.6) is 0 Å². The summed E-state index contributed by atoms with van der Waals surface area (Å²) >= 11 is 0. The van der Waals surface area contributed by atoms with Gasteiger partial charge in [0.1, 0.15) is 0 Å². The van der Waals surface area contributed by atoms with Gasteiger partial charge in [0.15, 0.2) is 0 Å². The van der Waals surface area contributed by atoms with Crippen molar-refractivity contribution in [3.8, 4) is 0 Å². The standard InChI is InChI=1S/C10H23N5O/c1-16-9-5-6-12-10(13-11)14-15-7-3-2-4-8-15/h2-9,11H2,1H3,(H2,12,13,14). The van der Waals surface area contributed by atoms with E-state index in [2.05, 4.69) is 20.9 Å². The zero-order valence-corrected chi connectivity index (χ0v) is 10.0. The molecule has 6 heteroatoms. The fourth-order valence-corrected chi connectivity index (χ4v) is 1.67. The number of aliphatic imine (C=N–C) groups is 1. The van der Waals surface area contributed by atoms with E-state index in [1.165, 1.54) is 19.3 Å². The minimum atomic E-state index is 0.637. The summed E-state index contributed by atoms with van der Waals surface area (Å²) < 4.78 is 4.96. The number of nitrogens with one attached hydrogen (secondary N) is 2. The number of hydrogen-bond acceptors (Lipinski definition) is 4. The highest BCUT2D eigenvalue weighted by Crippen LogP contribution is 2.05. The average molecular weight is 229 g/mol. The number of nitrogens with zero attached hydrogens (tertiary/aromatic N) is 2. The van der Waals surface area contributed by atoms with E-state index in [1.54, 1.807) is 7.11 Å². The number of ether oxygens (including phenoxy) is 1. The number of piperidine rings is 1. The lowest BCUT2D eigenvalue weighted by atomic mass is 10.2. The smallest absolute Gasteiger partial charge is 0.220 e. The molecule has 1 rings (SSSR count). The second-order valence-electron chi connectivity index (χ2n) is 3.88. The molecule has 0 atom stereocenters. The SMILES string of the molecule is COCCCN=C(NN)NN1CCCCC1. The van der Waals surface area contributed by atoms with Gasteiger partial charge in [-0.1, -0.05) is 6.42 Å². The normalized spacial score (nSPS) is 18.5. The molecule has 0 aromatic carbocycles. The van der Waals surface area contributed by atoms with Crippen molar-refractivity contribution >= 4 is 5.96 Å². The summed E-state index contributed by atoms with van der Waals surface area (Å²) in [6.07, 6.45) is 4.68. The van der Waals surface area contributed by atoms with E-state index in [9.17, 15) is 0 Å². The van der Waals surface area contributed by atoms with Gasteiger partial charge in [0.05, 0.1) is 0 Å². The van der Waals surface area contributed by atoms with E-state index in [4.69, 9.17) is 10.6 Å². The van der Waals surface area contributed by atoms with Crippen molar-refractivity contribution in [3.63, 3.8) is 0 Å². The molecular formula is C10H23N5O. The molecule has 1 aliphatic heterocycles. The Morgan fingerprint density at radius 1 is 1.38 bits per heavy atom. The van der Waals surface area contributed by atoms with Gasteiger partial charge >= 0.3 is 0 Å². The van der Waals surface area contributed by atoms with E-state index in [0.717, 1.165) is 26.1 Å². The molecule has 0 bridgehead atoms. The van der Waals surface area contributed by atoms with Gasteiger partial charge in [-0.3, -0.25) is 15.8 Å². The molecule has 0 aromatic heterocycles. The maximum atomic E-state index is 5.40. The Bertz CT molecular complexity index is 203. The van der Waals surface area contributed by atoms with Crippen molar-refractivity contribution in [3.05, 3.63) is 0 Å². The Hall–Kier alpha value is -0.850. The molecule has 0 aliphatic carbocycles. The molecule has 16 heavy (non-hydrogen) atoms. The second kappa shape index (κ2) is 8.32. The number of hydrogen-bond donors (Lipinski definition) is 3. The lowest BCUT2D eigenvalue weighted by Crippen LogP contribution is -2.52. The van der Waals surface area contributed by atoms with Crippen LogP contribution in [0.15, 0.2) is 4.99 Å². The highest BCUT2D eigenvalue weighted by atomic mass is 16.5. The summed E-state index contributed by atoms with van der Waals surface area (Å²) in [5.41, 5.74) is 5.77. The number of rotatable bonds is 5. The Morgan fingerprint density at radius 3 is 2.75 bits per heavy atom. The maximum absolute atomic E-state index is 5.40. The van der Waals surface area contributed by atoms with Gasteiger partial charge in [-0.05, 0) is 19.3 Å². The summed E-state index contributed by atoms with van der Waals surface area (Å²) in [6, 6.07) is 0. The molecule has 1 heterocycles. The van der Waals surface area contributed by atoms with Crippen LogP contribution in [0.1, 0.15) is 25.7 Å². The molecule has 6 nitrogen and oxygen atoms in total. The first-order valence-electron chi connectivity index (χ1n) is 5.88. The lowest BCUT2D eigenvalue weighted by Gasteiger charge is -2.27. The summed E-state index contributed by atoms with van der Waals surface area (Å²) in [5.74, 6) is 6.04. The van der Waals surface area contributed by atoms with E-state index in [0.29, 0.717) is 12.5 Å². The van der Waals surface area contributed by atoms with E-state index in [-0.39, 0.29) is 0 Å². The van der Waals surface area contributed by atoms with Gasteiger partial charge in [0, 0.05) is 33.4 Å². The molecule has 94 valence electrons. The van der Waals surface area contributed by atoms with Crippen LogP contribution in [0.3, 0.4) is 0 Å². The molecule has 4 N–H and O–H groups in total. The number of nitrogens with two attached hydrogens (primary N) is 1. The molecule has 0 amide bonds. The Balaban J connectivity index is 2.23. The summed E-state index contributed by atoms with van der Waals surface area (Å²) in [7, 11) is 1.69. The number of guanidine groups is 1. The molecular weight excluding hydrogens is 206 g/mol. The van der Waals surface area contributed by atoms with Gasteiger partial charge in [-0.15, -0.1) is 0 Å². The first-order valence-corrected chi connectivity index (χ1v) is 5.88. The molecule has 1 saturated heterocycles. The zero-order chi connectivity index (χ0) is 11.6. The Kier molecular flexibility index (Phi) is 6.87. The van der Waals surface area contributed by atoms with Crippen LogP contribution in [-0.4, -0.2) is 44.3 Å². The third kappa shape index (κ3) is 5.29. The van der Waals surface area contributed by atoms with Gasteiger partial charge in [0.2, 0.25) is 5.96 Å². The molecule has 0 saturated carbocycles. The predicted octanol–water partition coefficient (Wildman–Crippen LogP) is -0.167. The van der Waals surface area contributed by atoms with Crippen LogP contribution in [0.2, 0.25) is 0 Å². The Morgan fingerprint density at radius 2 is 2.12 bits per heavy atom. The molecule has 0 aromatic rings. The summed E-state index contributed by atoms with van der Waals surface area (Å²) in [6.45, 7) is 3.55. The molecule has 0 radical (unpaired) electrons. The number of methoxy groups -OCH3 is 1. The molecule has 0 unspecified atom stereocenters. The van der Waals surface area contributed by atoms with Gasteiger partial charge in [-0.25, -0.2) is 10.9 Å². The topological polar surface area (TPSA) is 74.9 Å². The van der Waals surface area contributed by atoms with Crippen molar-refractivity contribution in [2.75, 3.05) is 33.4 Å². The highest BCUT2D eigenvalue weighted by molar-refractivity contribution is 5.78. The minimum Gasteiger partial charge on any atom is -0.385 e. The van der Waals surface area contributed by atoms with Crippen LogP contribution in [-0.2, 0) is 4.74 Å². The summed E-state index contributed by atoms with van der Waals surface area (Å²) in [5, 5.41) is 2.15. The van der Waals surface area contributed by atoms with Gasteiger partial charge in [0.25, 0.3) is 0 Å². The molecule has 1 aliphatic rings. The number of hydrazine groups is 2. The van der Waals surface area contributed by atoms with Crippen LogP contribution in [0.4, 0.5) is 0 Å². The fraction of sp³-hybridized carbons (Fsp3) is 0.900. The minimum absolute atomic E-state index is 0.637. The highest BCUT2D eigenvalue weighted by Gasteiger charge is 2.10. The first-order chi connectivity index (χ1) is 7.86. The van der Waals surface area contributed by atoms with E-state index >= 15 is 0 Å². The monoisotopic (exact) mass is 229 g/mol. The van der Waals surface area contributed by atoms with Gasteiger partial charge in [-0.2, -0.15) is 0 Å². The largest absolute Gasteiger partial charge is 0.385 e. The fourth-order valence-electron chi connectivity index (χ4n) is 1.67. The molecule has 0 spiro atoms. The maximum Gasteiger partial charge on any atom is 0.220 e. The lowest BCUT2D eigenvalue weighted by molar-refractivity contribution is 0.190. The van der Waals surface area contributed by atoms with Crippen LogP contribution < -0.4 is 16.7 Å². The van der Waals surface area contributed by atoms with E-state index in [1.807, 2.05) is 0 Å². The van der Waals surface area contributed by atoms with Crippen molar-refractivity contribution in [1.29, 1.82) is 0 Å². The predicted molar refractivity (Wildman–Crippen MR) is 64.7 cm³/mol. The van der Waals surface area contributed by atoms with Crippen LogP contribution in [0, 0.1) is 0 Å². The van der Waals surface area contributed by atoms with Crippen LogP contribution >= 0.6 is 0 Å².